The summed E-state index contributed by atoms with van der Waals surface area (Å²) in [7, 11) is 0. The number of aryl methyl sites for hydroxylation is 1. The number of benzene rings is 3. The minimum atomic E-state index is -1.21. The van der Waals surface area contributed by atoms with Crippen molar-refractivity contribution in [1.29, 1.82) is 0 Å². The van der Waals surface area contributed by atoms with Crippen LogP contribution in [0.1, 0.15) is 83.7 Å². The van der Waals surface area contributed by atoms with Gasteiger partial charge in [-0.2, -0.15) is 0 Å². The average Bonchev–Trinajstić information content (AvgIpc) is 3.73. The number of carbonyl (C=O) groups is 1. The fourth-order valence-electron chi connectivity index (χ4n) is 5.88. The maximum Gasteiger partial charge on any atom is 0.324 e. The van der Waals surface area contributed by atoms with Crippen molar-refractivity contribution >= 4 is 55.7 Å². The number of carbonyl (C=O) groups excluding carboxylic acids is 1. The minimum absolute atomic E-state index is 0.138. The van der Waals surface area contributed by atoms with Gasteiger partial charge in [0.05, 0.1) is 38.2 Å². The van der Waals surface area contributed by atoms with Crippen molar-refractivity contribution in [3.05, 3.63) is 141 Å². The molecule has 1 aliphatic rings. The first-order chi connectivity index (χ1) is 24.7. The standard InChI is InChI=1S/C31H34N2OS2.C6H3N3O7/c1-5-33(30-32-24(20-35-30)19-21-15-17-23(18-16-21)31(2,3)4)29-27(25-13-9-10-14-26(25)36-29)28(34)22-11-7-6-8-12-22;10-6-4(8(13)14)1-3(7(11)12)2-5(6)9(15)16/h6-8,11-12,15-18,20H,5,9-10,13-14,19H2,1-4H3;1-2,10H. The Balaban J connectivity index is 0.000000275. The predicted molar refractivity (Wildman–Crippen MR) is 202 cm³/mol. The van der Waals surface area contributed by atoms with Crippen LogP contribution in [0.5, 0.6) is 5.75 Å². The van der Waals surface area contributed by atoms with Crippen molar-refractivity contribution in [2.45, 2.75) is 65.2 Å². The Bertz CT molecular complexity index is 2090. The number of anilines is 2. The molecule has 3 aromatic carbocycles. The molecule has 0 bridgehead atoms. The van der Waals surface area contributed by atoms with Gasteiger partial charge in [-0.05, 0) is 54.7 Å². The number of nitro groups is 3. The number of hydrogen-bond donors (Lipinski definition) is 1. The Labute approximate surface area is 307 Å². The van der Waals surface area contributed by atoms with Crippen LogP contribution in [0.3, 0.4) is 0 Å². The highest BCUT2D eigenvalue weighted by Crippen LogP contribution is 2.44. The number of aromatic hydroxyl groups is 1. The second kappa shape index (κ2) is 15.8. The number of thiazole rings is 1. The van der Waals surface area contributed by atoms with Crippen molar-refractivity contribution in [3.8, 4) is 5.75 Å². The van der Waals surface area contributed by atoms with Gasteiger partial charge in [0.1, 0.15) is 5.00 Å². The molecule has 0 atom stereocenters. The second-order valence-corrected chi connectivity index (χ2v) is 15.1. The van der Waals surface area contributed by atoms with Gasteiger partial charge in [0.15, 0.2) is 10.9 Å². The van der Waals surface area contributed by atoms with Gasteiger partial charge in [0, 0.05) is 28.8 Å². The molecule has 5 aromatic rings. The van der Waals surface area contributed by atoms with Crippen LogP contribution in [0.25, 0.3) is 0 Å². The second-order valence-electron chi connectivity index (χ2n) is 13.2. The number of thiophene rings is 1. The first-order valence-corrected chi connectivity index (χ1v) is 18.2. The molecule has 0 saturated heterocycles. The third kappa shape index (κ3) is 8.32. The molecule has 270 valence electrons. The topological polar surface area (TPSA) is 183 Å². The monoisotopic (exact) mass is 743 g/mol. The third-order valence-corrected chi connectivity index (χ3v) is 10.8. The third-order valence-electron chi connectivity index (χ3n) is 8.61. The maximum atomic E-state index is 13.8. The van der Waals surface area contributed by atoms with Gasteiger partial charge in [-0.15, -0.1) is 22.7 Å². The van der Waals surface area contributed by atoms with E-state index < -0.39 is 37.6 Å². The number of phenols is 1. The highest BCUT2D eigenvalue weighted by Gasteiger charge is 2.31. The Kier molecular flexibility index (Phi) is 11.4. The van der Waals surface area contributed by atoms with E-state index in [2.05, 4.69) is 62.2 Å². The van der Waals surface area contributed by atoms with Gasteiger partial charge >= 0.3 is 11.4 Å². The van der Waals surface area contributed by atoms with Crippen LogP contribution in [-0.4, -0.2) is 37.2 Å². The lowest BCUT2D eigenvalue weighted by atomic mass is 9.86. The molecule has 13 nitrogen and oxygen atoms in total. The molecule has 1 aliphatic carbocycles. The number of hydrogen-bond acceptors (Lipinski definition) is 12. The molecule has 1 N–H and O–H groups in total. The van der Waals surface area contributed by atoms with Crippen molar-refractivity contribution in [3.63, 3.8) is 0 Å². The van der Waals surface area contributed by atoms with Crippen LogP contribution in [0.15, 0.2) is 72.1 Å². The Morgan fingerprint density at radius 1 is 0.904 bits per heavy atom. The summed E-state index contributed by atoms with van der Waals surface area (Å²) in [5, 5.41) is 44.4. The summed E-state index contributed by atoms with van der Waals surface area (Å²) in [6, 6.07) is 19.5. The molecule has 15 heteroatoms. The maximum absolute atomic E-state index is 13.8. The van der Waals surface area contributed by atoms with E-state index >= 15 is 0 Å². The Hall–Kier alpha value is -5.54. The van der Waals surface area contributed by atoms with Crippen molar-refractivity contribution in [2.75, 3.05) is 11.4 Å². The Morgan fingerprint density at radius 3 is 2.08 bits per heavy atom. The van der Waals surface area contributed by atoms with Crippen molar-refractivity contribution in [2.24, 2.45) is 0 Å². The quantitative estimate of drug-likeness (QED) is 0.0821. The number of phenolic OH excluding ortho intramolecular Hbond substituents is 1. The van der Waals surface area contributed by atoms with Crippen LogP contribution in [0.2, 0.25) is 0 Å². The molecule has 6 rings (SSSR count). The zero-order chi connectivity index (χ0) is 37.7. The van der Waals surface area contributed by atoms with E-state index in [1.165, 1.54) is 28.0 Å². The number of nitro benzene ring substituents is 3. The predicted octanol–water partition coefficient (Wildman–Crippen LogP) is 9.48. The van der Waals surface area contributed by atoms with Gasteiger partial charge in [-0.3, -0.25) is 35.1 Å². The fourth-order valence-corrected chi connectivity index (χ4v) is 8.29. The van der Waals surface area contributed by atoms with Gasteiger partial charge in [0.25, 0.3) is 11.4 Å². The van der Waals surface area contributed by atoms with Crippen LogP contribution in [0.4, 0.5) is 27.2 Å². The lowest BCUT2D eigenvalue weighted by Crippen LogP contribution is -2.18. The number of aromatic nitrogens is 1. The van der Waals surface area contributed by atoms with Gasteiger partial charge in [-0.1, -0.05) is 75.4 Å². The molecule has 0 fully saturated rings. The van der Waals surface area contributed by atoms with Crippen LogP contribution in [-0.2, 0) is 24.7 Å². The van der Waals surface area contributed by atoms with Gasteiger partial charge < -0.3 is 10.0 Å². The molecule has 0 amide bonds. The molecular formula is C37H37N5O8S2. The van der Waals surface area contributed by atoms with E-state index in [4.69, 9.17) is 10.1 Å². The van der Waals surface area contributed by atoms with E-state index in [9.17, 15) is 35.1 Å². The zero-order valence-corrected chi connectivity index (χ0v) is 30.7. The minimum Gasteiger partial charge on any atom is -0.497 e. The SMILES string of the molecule is CCN(c1nc(Cc2ccc(C(C)(C)C)cc2)cs1)c1sc2c(c1C(=O)c1ccccc1)CCCC2.O=[N+]([O-])c1cc([N+](=O)[O-])c(O)c([N+](=O)[O-])c1. The van der Waals surface area contributed by atoms with Crippen molar-refractivity contribution < 1.29 is 24.7 Å². The highest BCUT2D eigenvalue weighted by atomic mass is 32.1. The normalized spacial score (nSPS) is 12.3. The summed E-state index contributed by atoms with van der Waals surface area (Å²) < 4.78 is 0. The molecule has 52 heavy (non-hydrogen) atoms. The summed E-state index contributed by atoms with van der Waals surface area (Å²) in [6.07, 6.45) is 5.23. The zero-order valence-electron chi connectivity index (χ0n) is 29.0. The molecular weight excluding hydrogens is 707 g/mol. The van der Waals surface area contributed by atoms with E-state index in [-0.39, 0.29) is 11.2 Å². The molecule has 2 aromatic heterocycles. The van der Waals surface area contributed by atoms with Crippen molar-refractivity contribution in [1.82, 2.24) is 4.98 Å². The number of fused-ring (bicyclic) bond motifs is 1. The number of rotatable bonds is 10. The molecule has 0 aliphatic heterocycles. The van der Waals surface area contributed by atoms with Gasteiger partial charge in [0.2, 0.25) is 0 Å². The molecule has 0 saturated carbocycles. The molecule has 2 heterocycles. The Morgan fingerprint density at radius 2 is 1.52 bits per heavy atom. The largest absolute Gasteiger partial charge is 0.497 e. The molecule has 0 radical (unpaired) electrons. The van der Waals surface area contributed by atoms with Crippen LogP contribution < -0.4 is 4.90 Å². The van der Waals surface area contributed by atoms with Gasteiger partial charge in [-0.25, -0.2) is 4.98 Å². The summed E-state index contributed by atoms with van der Waals surface area (Å²) in [4.78, 5) is 50.2. The van der Waals surface area contributed by atoms with E-state index in [1.54, 1.807) is 22.7 Å². The number of ketones is 1. The van der Waals surface area contributed by atoms with E-state index in [1.807, 2.05) is 30.3 Å². The molecule has 0 spiro atoms. The number of nitrogens with zero attached hydrogens (tertiary/aromatic N) is 5. The molecule has 0 unspecified atom stereocenters. The van der Waals surface area contributed by atoms with E-state index in [0.717, 1.165) is 59.2 Å². The number of non-ortho nitro benzene ring substituents is 1. The van der Waals surface area contributed by atoms with Crippen LogP contribution in [0, 0.1) is 30.3 Å². The summed E-state index contributed by atoms with van der Waals surface area (Å²) in [6.45, 7) is 9.66. The smallest absolute Gasteiger partial charge is 0.324 e. The average molecular weight is 744 g/mol. The summed E-state index contributed by atoms with van der Waals surface area (Å²) >= 11 is 3.48. The first-order valence-electron chi connectivity index (χ1n) is 16.5. The van der Waals surface area contributed by atoms with Crippen LogP contribution >= 0.6 is 22.7 Å². The first kappa shape index (κ1) is 37.7. The summed E-state index contributed by atoms with van der Waals surface area (Å²) in [5.74, 6) is -1.07. The fraction of sp³-hybridized carbons (Fsp3) is 0.297. The highest BCUT2D eigenvalue weighted by molar-refractivity contribution is 7.18. The lowest BCUT2D eigenvalue weighted by Gasteiger charge is -2.20. The lowest BCUT2D eigenvalue weighted by molar-refractivity contribution is -0.404. The summed E-state index contributed by atoms with van der Waals surface area (Å²) in [5.41, 5.74) is 3.78. The van der Waals surface area contributed by atoms with E-state index in [0.29, 0.717) is 12.1 Å².